The van der Waals surface area contributed by atoms with Gasteiger partial charge in [-0.05, 0) is 60.0 Å². The number of hydrogen-bond donors (Lipinski definition) is 1. The number of nitrogens with zero attached hydrogens (tertiary/aromatic N) is 5. The molecule has 33 heavy (non-hydrogen) atoms. The molecule has 2 heterocycles. The maximum atomic E-state index is 14.0. The fourth-order valence-corrected chi connectivity index (χ4v) is 3.99. The number of likely N-dealkylation sites (tertiary alicyclic amines) is 1. The van der Waals surface area contributed by atoms with E-state index in [0.29, 0.717) is 38.2 Å². The van der Waals surface area contributed by atoms with Gasteiger partial charge in [-0.1, -0.05) is 24.3 Å². The smallest absolute Gasteiger partial charge is 0.256 e. The second-order valence-electron chi connectivity index (χ2n) is 8.07. The van der Waals surface area contributed by atoms with Crippen molar-refractivity contribution in [3.8, 4) is 0 Å². The molecule has 0 radical (unpaired) electrons. The number of carbonyl (C=O) groups excluding carboxylic acids is 2. The Hall–Kier alpha value is -3.69. The molecule has 10 heteroatoms. The van der Waals surface area contributed by atoms with E-state index in [1.54, 1.807) is 36.1 Å². The summed E-state index contributed by atoms with van der Waals surface area (Å²) >= 11 is 0. The molecule has 1 atom stereocenters. The second-order valence-corrected chi connectivity index (χ2v) is 8.07. The average Bonchev–Trinajstić information content (AvgIpc) is 3.24. The third-order valence-electron chi connectivity index (χ3n) is 5.83. The summed E-state index contributed by atoms with van der Waals surface area (Å²) < 4.78 is 28.7. The molecule has 1 N–H and O–H groups in total. The van der Waals surface area contributed by atoms with Crippen molar-refractivity contribution in [2.45, 2.75) is 38.3 Å². The topological polar surface area (TPSA) is 93.0 Å². The van der Waals surface area contributed by atoms with Crippen molar-refractivity contribution in [3.05, 3.63) is 77.1 Å². The minimum Gasteiger partial charge on any atom is -0.351 e. The van der Waals surface area contributed by atoms with Crippen LogP contribution in [0.2, 0.25) is 0 Å². The standard InChI is InChI=1S/C23H24F2N6O2/c1-15-27-28-29-31(15)21(14-16-6-8-17(24)9-7-16)22(32)26-18-10-12-30(13-11-18)23(33)19-4-2-3-5-20(19)25/h2-9,18,21H,10-14H2,1H3,(H,26,32). The van der Waals surface area contributed by atoms with E-state index in [1.807, 2.05) is 0 Å². The molecule has 1 aliphatic rings. The van der Waals surface area contributed by atoms with E-state index >= 15 is 0 Å². The van der Waals surface area contributed by atoms with E-state index in [1.165, 1.54) is 28.9 Å². The summed E-state index contributed by atoms with van der Waals surface area (Å²) in [6.45, 7) is 2.52. The van der Waals surface area contributed by atoms with Crippen LogP contribution in [-0.2, 0) is 11.2 Å². The van der Waals surface area contributed by atoms with Gasteiger partial charge in [-0.25, -0.2) is 13.5 Å². The van der Waals surface area contributed by atoms with Gasteiger partial charge in [0.1, 0.15) is 23.5 Å². The van der Waals surface area contributed by atoms with Gasteiger partial charge in [0.05, 0.1) is 5.56 Å². The Morgan fingerprint density at radius 2 is 1.79 bits per heavy atom. The molecule has 8 nitrogen and oxygen atoms in total. The monoisotopic (exact) mass is 454 g/mol. The Balaban J connectivity index is 1.40. The highest BCUT2D eigenvalue weighted by Gasteiger charge is 2.30. The Bertz CT molecular complexity index is 1130. The first-order valence-electron chi connectivity index (χ1n) is 10.8. The zero-order chi connectivity index (χ0) is 23.4. The summed E-state index contributed by atoms with van der Waals surface area (Å²) in [5, 5.41) is 14.5. The molecule has 2 amide bonds. The lowest BCUT2D eigenvalue weighted by Gasteiger charge is -2.33. The first-order valence-corrected chi connectivity index (χ1v) is 10.8. The zero-order valence-electron chi connectivity index (χ0n) is 18.1. The van der Waals surface area contributed by atoms with Crippen molar-refractivity contribution in [3.63, 3.8) is 0 Å². The lowest BCUT2D eigenvalue weighted by Crippen LogP contribution is -2.48. The molecule has 1 fully saturated rings. The minimum atomic E-state index is -0.705. The van der Waals surface area contributed by atoms with Crippen LogP contribution in [-0.4, -0.2) is 56.1 Å². The number of tetrazole rings is 1. The fraction of sp³-hybridized carbons (Fsp3) is 0.348. The van der Waals surface area contributed by atoms with Crippen LogP contribution in [0.5, 0.6) is 0 Å². The summed E-state index contributed by atoms with van der Waals surface area (Å²) in [5.74, 6) is -1.01. The van der Waals surface area contributed by atoms with Crippen LogP contribution in [0.1, 0.15) is 40.6 Å². The van der Waals surface area contributed by atoms with Crippen molar-refractivity contribution in [1.82, 2.24) is 30.4 Å². The summed E-state index contributed by atoms with van der Waals surface area (Å²) in [4.78, 5) is 27.4. The molecule has 172 valence electrons. The van der Waals surface area contributed by atoms with Crippen molar-refractivity contribution >= 4 is 11.8 Å². The molecule has 1 saturated heterocycles. The van der Waals surface area contributed by atoms with Crippen molar-refractivity contribution in [2.24, 2.45) is 0 Å². The Morgan fingerprint density at radius 3 is 2.42 bits per heavy atom. The summed E-state index contributed by atoms with van der Waals surface area (Å²) in [6, 6.07) is 11.0. The number of hydrogen-bond acceptors (Lipinski definition) is 5. The third kappa shape index (κ3) is 5.21. The normalized spacial score (nSPS) is 15.3. The van der Waals surface area contributed by atoms with Gasteiger partial charge in [0.15, 0.2) is 0 Å². The molecule has 3 aromatic rings. The SMILES string of the molecule is Cc1nnnn1C(Cc1ccc(F)cc1)C(=O)NC1CCN(C(=O)c2ccccc2F)CC1. The Labute approximate surface area is 189 Å². The van der Waals surface area contributed by atoms with E-state index in [-0.39, 0.29) is 29.2 Å². The van der Waals surface area contributed by atoms with Gasteiger partial charge in [-0.3, -0.25) is 9.59 Å². The minimum absolute atomic E-state index is 0.0495. The van der Waals surface area contributed by atoms with Gasteiger partial charge >= 0.3 is 0 Å². The second kappa shape index (κ2) is 9.85. The zero-order valence-corrected chi connectivity index (χ0v) is 18.1. The maximum absolute atomic E-state index is 14.0. The summed E-state index contributed by atoms with van der Waals surface area (Å²) in [7, 11) is 0. The van der Waals surface area contributed by atoms with E-state index < -0.39 is 11.9 Å². The molecular formula is C23H24F2N6O2. The van der Waals surface area contributed by atoms with Crippen LogP contribution >= 0.6 is 0 Å². The number of benzene rings is 2. The van der Waals surface area contributed by atoms with Gasteiger partial charge in [-0.2, -0.15) is 0 Å². The fourth-order valence-electron chi connectivity index (χ4n) is 3.99. The highest BCUT2D eigenvalue weighted by Crippen LogP contribution is 2.19. The number of aryl methyl sites for hydroxylation is 1. The van der Waals surface area contributed by atoms with Gasteiger partial charge in [0.2, 0.25) is 5.91 Å². The van der Waals surface area contributed by atoms with Crippen LogP contribution in [0.4, 0.5) is 8.78 Å². The van der Waals surface area contributed by atoms with Crippen LogP contribution < -0.4 is 5.32 Å². The summed E-state index contributed by atoms with van der Waals surface area (Å²) in [5.41, 5.74) is 0.824. The molecule has 1 aliphatic heterocycles. The average molecular weight is 454 g/mol. The third-order valence-corrected chi connectivity index (χ3v) is 5.83. The molecule has 4 rings (SSSR count). The molecular weight excluding hydrogens is 430 g/mol. The highest BCUT2D eigenvalue weighted by molar-refractivity contribution is 5.94. The molecule has 0 saturated carbocycles. The first kappa shape index (κ1) is 22.5. The van der Waals surface area contributed by atoms with E-state index in [0.717, 1.165) is 5.56 Å². The molecule has 1 unspecified atom stereocenters. The predicted molar refractivity (Wildman–Crippen MR) is 115 cm³/mol. The molecule has 1 aromatic heterocycles. The Morgan fingerprint density at radius 1 is 1.09 bits per heavy atom. The van der Waals surface area contributed by atoms with Crippen molar-refractivity contribution < 1.29 is 18.4 Å². The molecule has 0 aliphatic carbocycles. The van der Waals surface area contributed by atoms with Crippen molar-refractivity contribution in [1.29, 1.82) is 0 Å². The number of piperidine rings is 1. The predicted octanol–water partition coefficient (Wildman–Crippen LogP) is 2.46. The first-order chi connectivity index (χ1) is 15.9. The number of nitrogens with one attached hydrogen (secondary N) is 1. The quantitative estimate of drug-likeness (QED) is 0.618. The number of aromatic nitrogens is 4. The van der Waals surface area contributed by atoms with Gasteiger partial charge in [0.25, 0.3) is 5.91 Å². The van der Waals surface area contributed by atoms with Crippen molar-refractivity contribution in [2.75, 3.05) is 13.1 Å². The Kier molecular flexibility index (Phi) is 6.71. The lowest BCUT2D eigenvalue weighted by atomic mass is 10.0. The largest absolute Gasteiger partial charge is 0.351 e. The van der Waals surface area contributed by atoms with Gasteiger partial charge < -0.3 is 10.2 Å². The number of amides is 2. The van der Waals surface area contributed by atoms with Gasteiger partial charge in [0, 0.05) is 25.6 Å². The van der Waals surface area contributed by atoms with Crippen LogP contribution in [0.15, 0.2) is 48.5 Å². The number of rotatable bonds is 6. The van der Waals surface area contributed by atoms with Crippen LogP contribution in [0.3, 0.4) is 0 Å². The molecule has 0 bridgehead atoms. The van der Waals surface area contributed by atoms with Crippen LogP contribution in [0, 0.1) is 18.6 Å². The lowest BCUT2D eigenvalue weighted by molar-refractivity contribution is -0.125. The highest BCUT2D eigenvalue weighted by atomic mass is 19.1. The van der Waals surface area contributed by atoms with E-state index in [9.17, 15) is 18.4 Å². The summed E-state index contributed by atoms with van der Waals surface area (Å²) in [6.07, 6.45) is 1.39. The van der Waals surface area contributed by atoms with Gasteiger partial charge in [-0.15, -0.1) is 5.10 Å². The van der Waals surface area contributed by atoms with E-state index in [2.05, 4.69) is 20.8 Å². The van der Waals surface area contributed by atoms with Crippen LogP contribution in [0.25, 0.3) is 0 Å². The van der Waals surface area contributed by atoms with E-state index in [4.69, 9.17) is 0 Å². The number of halogens is 2. The maximum Gasteiger partial charge on any atom is 0.256 e. The number of carbonyl (C=O) groups is 2. The molecule has 0 spiro atoms. The molecule has 2 aromatic carbocycles.